The summed E-state index contributed by atoms with van der Waals surface area (Å²) >= 11 is 0. The van der Waals surface area contributed by atoms with Crippen molar-refractivity contribution in [3.05, 3.63) is 77.0 Å². The van der Waals surface area contributed by atoms with Gasteiger partial charge in [0, 0.05) is 94.6 Å². The Bertz CT molecular complexity index is 2490. The Morgan fingerprint density at radius 1 is 0.938 bits per heavy atom. The Kier molecular flexibility index (Phi) is 12.0. The number of piperazine rings is 1. The second-order valence-electron chi connectivity index (χ2n) is 17.4. The fourth-order valence-electron chi connectivity index (χ4n) is 9.47. The molecular formula is C46H52F2N10O6. The third-order valence-corrected chi connectivity index (χ3v) is 13.0. The van der Waals surface area contributed by atoms with Crippen molar-refractivity contribution in [2.24, 2.45) is 23.9 Å². The highest BCUT2D eigenvalue weighted by Gasteiger charge is 2.35. The number of anilines is 3. The molecule has 5 aliphatic heterocycles. The number of aromatic nitrogens is 3. The average molecular weight is 879 g/mol. The van der Waals surface area contributed by atoms with Crippen molar-refractivity contribution in [2.75, 3.05) is 74.6 Å². The Balaban J connectivity index is 0.826. The van der Waals surface area contributed by atoms with Crippen molar-refractivity contribution in [3.8, 4) is 23.0 Å². The number of methoxy groups -OCH3 is 1. The highest BCUT2D eigenvalue weighted by atomic mass is 19.1. The fourth-order valence-corrected chi connectivity index (χ4v) is 9.47. The van der Waals surface area contributed by atoms with Crippen LogP contribution >= 0.6 is 0 Å². The van der Waals surface area contributed by atoms with E-state index in [1.165, 1.54) is 19.2 Å². The lowest BCUT2D eigenvalue weighted by Gasteiger charge is -2.39. The van der Waals surface area contributed by atoms with Gasteiger partial charge in [-0.15, -0.1) is 0 Å². The molecule has 2 aromatic heterocycles. The largest absolute Gasteiger partial charge is 0.481 e. The predicted molar refractivity (Wildman–Crippen MR) is 234 cm³/mol. The molecule has 4 aromatic rings. The predicted octanol–water partition coefficient (Wildman–Crippen LogP) is 5.09. The first-order chi connectivity index (χ1) is 30.9. The van der Waals surface area contributed by atoms with E-state index in [4.69, 9.17) is 9.47 Å². The number of fused-ring (bicyclic) bond motifs is 7. The molecule has 2 atom stereocenters. The number of carbonyl (C=O) groups excluding carboxylic acids is 4. The smallest absolute Gasteiger partial charge is 0.280 e. The summed E-state index contributed by atoms with van der Waals surface area (Å²) in [6.45, 7) is 7.53. The van der Waals surface area contributed by atoms with Crippen LogP contribution in [0.1, 0.15) is 72.9 Å². The molecular weight excluding hydrogens is 827 g/mol. The monoisotopic (exact) mass is 878 g/mol. The van der Waals surface area contributed by atoms with Crippen molar-refractivity contribution in [3.63, 3.8) is 0 Å². The minimum absolute atomic E-state index is 0.0279. The summed E-state index contributed by atoms with van der Waals surface area (Å²) in [6.07, 6.45) is 4.56. The third kappa shape index (κ3) is 8.74. The summed E-state index contributed by atoms with van der Waals surface area (Å²) in [5, 5.41) is 9.95. The molecule has 0 saturated carbocycles. The van der Waals surface area contributed by atoms with Gasteiger partial charge >= 0.3 is 0 Å². The lowest BCUT2D eigenvalue weighted by Crippen LogP contribution is -2.51. The van der Waals surface area contributed by atoms with Gasteiger partial charge in [0.2, 0.25) is 35.4 Å². The van der Waals surface area contributed by atoms with Gasteiger partial charge in [0.15, 0.2) is 0 Å². The van der Waals surface area contributed by atoms with E-state index < -0.39 is 35.3 Å². The standard InChI is InChI=1S/C46H52F2N10O6/c1-27-5-4-18-64-45-33(24-49-54(45)2)37-20-30(21-40(50-37)63-3)42(60)53-46-51-36-8-6-28(19-38(36)58(46)25-27)26-55-14-16-57(17-15-55)44(62)29-10-12-56(13-11-29)31-22-34(47)41(35(48)23-31)32-7-9-39(59)52-43(32)61/h6,8,19-24,27,29,32H,4-5,7,9-18,25-26H2,1-3H3,(H,51,53,60)(H,52,59,61)/t27-,32-/m1/s1. The molecule has 2 aromatic carbocycles. The maximum absolute atomic E-state index is 15.3. The first kappa shape index (κ1) is 42.9. The molecule has 0 spiro atoms. The summed E-state index contributed by atoms with van der Waals surface area (Å²) in [4.78, 5) is 68.9. The van der Waals surface area contributed by atoms with E-state index in [2.05, 4.69) is 54.6 Å². The first-order valence-corrected chi connectivity index (χ1v) is 22.0. The van der Waals surface area contributed by atoms with Gasteiger partial charge in [-0.05, 0) is 73.9 Å². The topological polar surface area (TPSA) is 167 Å². The molecule has 336 valence electrons. The number of hydrogen-bond donors (Lipinski definition) is 2. The molecule has 16 nitrogen and oxygen atoms in total. The number of pyridine rings is 1. The number of benzene rings is 2. The molecule has 2 N–H and O–H groups in total. The zero-order valence-corrected chi connectivity index (χ0v) is 36.2. The molecule has 64 heavy (non-hydrogen) atoms. The Labute approximate surface area is 369 Å². The number of piperidine rings is 2. The lowest BCUT2D eigenvalue weighted by atomic mass is 9.89. The molecule has 4 amide bonds. The van der Waals surface area contributed by atoms with Gasteiger partial charge in [0.25, 0.3) is 5.91 Å². The molecule has 18 heteroatoms. The van der Waals surface area contributed by atoms with E-state index in [0.29, 0.717) is 106 Å². The maximum Gasteiger partial charge on any atom is 0.280 e. The molecule has 5 aliphatic rings. The SMILES string of the molecule is COc1cc2cc(n1)-c1cnn(C)c1OCCC[C@@H](C)CN1/C(=N/C2=O)Nc2ccc(CN3CCN(C(=O)C4CCN(c5cc(F)c([C@H]6CCC(=O)NC6=O)c(F)c5)CC4)CC3)cc21. The summed E-state index contributed by atoms with van der Waals surface area (Å²) in [5.41, 5.74) is 4.44. The summed E-state index contributed by atoms with van der Waals surface area (Å²) in [7, 11) is 3.31. The second kappa shape index (κ2) is 18.0. The number of hydrogen-bond acceptors (Lipinski definition) is 12. The lowest BCUT2D eigenvalue weighted by molar-refractivity contribution is -0.138. The number of imide groups is 1. The van der Waals surface area contributed by atoms with Crippen molar-refractivity contribution in [2.45, 2.75) is 57.9 Å². The van der Waals surface area contributed by atoms with Crippen LogP contribution in [0.25, 0.3) is 11.3 Å². The minimum Gasteiger partial charge on any atom is -0.481 e. The summed E-state index contributed by atoms with van der Waals surface area (Å²) in [5.74, 6) is -2.80. The summed E-state index contributed by atoms with van der Waals surface area (Å²) in [6, 6.07) is 12.0. The zero-order chi connectivity index (χ0) is 44.6. The number of ether oxygens (including phenoxy) is 2. The van der Waals surface area contributed by atoms with Crippen LogP contribution in [0.2, 0.25) is 0 Å². The van der Waals surface area contributed by atoms with Gasteiger partial charge in [-0.3, -0.25) is 29.4 Å². The van der Waals surface area contributed by atoms with Crippen molar-refractivity contribution in [1.82, 2.24) is 29.9 Å². The molecule has 0 radical (unpaired) electrons. The van der Waals surface area contributed by atoms with Crippen LogP contribution in [-0.2, 0) is 28.0 Å². The van der Waals surface area contributed by atoms with Crippen LogP contribution in [0.5, 0.6) is 11.8 Å². The van der Waals surface area contributed by atoms with Gasteiger partial charge in [-0.25, -0.2) is 18.4 Å². The molecule has 0 aliphatic carbocycles. The molecule has 2 bridgehead atoms. The van der Waals surface area contributed by atoms with E-state index in [1.54, 1.807) is 23.0 Å². The van der Waals surface area contributed by atoms with Gasteiger partial charge in [0.1, 0.15) is 11.6 Å². The van der Waals surface area contributed by atoms with E-state index in [9.17, 15) is 19.2 Å². The first-order valence-electron chi connectivity index (χ1n) is 22.0. The van der Waals surface area contributed by atoms with Crippen LogP contribution in [0.4, 0.5) is 25.8 Å². The van der Waals surface area contributed by atoms with Gasteiger partial charge in [-0.1, -0.05) is 13.0 Å². The molecule has 9 rings (SSSR count). The van der Waals surface area contributed by atoms with Crippen molar-refractivity contribution < 1.29 is 37.4 Å². The fraction of sp³-hybridized carbons (Fsp3) is 0.457. The van der Waals surface area contributed by atoms with E-state index in [1.807, 2.05) is 22.9 Å². The normalized spacial score (nSPS) is 21.9. The van der Waals surface area contributed by atoms with Crippen LogP contribution in [0, 0.1) is 23.5 Å². The third-order valence-electron chi connectivity index (χ3n) is 13.0. The van der Waals surface area contributed by atoms with Gasteiger partial charge in [-0.2, -0.15) is 10.1 Å². The highest BCUT2D eigenvalue weighted by molar-refractivity contribution is 6.19. The Morgan fingerprint density at radius 3 is 2.44 bits per heavy atom. The highest BCUT2D eigenvalue weighted by Crippen LogP contribution is 2.37. The van der Waals surface area contributed by atoms with Crippen LogP contribution in [-0.4, -0.2) is 114 Å². The van der Waals surface area contributed by atoms with Crippen molar-refractivity contribution >= 4 is 46.7 Å². The second-order valence-corrected chi connectivity index (χ2v) is 17.4. The quantitative estimate of drug-likeness (QED) is 0.247. The molecule has 7 heterocycles. The number of nitrogens with one attached hydrogen (secondary N) is 2. The number of nitrogens with zero attached hydrogens (tertiary/aromatic N) is 8. The number of rotatable bonds is 6. The van der Waals surface area contributed by atoms with Crippen LogP contribution in [0.3, 0.4) is 0 Å². The number of halogens is 2. The maximum atomic E-state index is 15.3. The number of amides is 4. The van der Waals surface area contributed by atoms with E-state index in [0.717, 1.165) is 29.8 Å². The van der Waals surface area contributed by atoms with Crippen molar-refractivity contribution in [1.29, 1.82) is 0 Å². The summed E-state index contributed by atoms with van der Waals surface area (Å²) < 4.78 is 43.9. The molecule has 3 saturated heterocycles. The van der Waals surface area contributed by atoms with Gasteiger partial charge in [0.05, 0.1) is 48.5 Å². The molecule has 3 fully saturated rings. The van der Waals surface area contributed by atoms with Crippen LogP contribution in [0.15, 0.2) is 53.7 Å². The molecule has 0 unspecified atom stereocenters. The number of aryl methyl sites for hydroxylation is 1. The number of carbonyl (C=O) groups is 4. The minimum atomic E-state index is -1.05. The Morgan fingerprint density at radius 2 is 1.70 bits per heavy atom. The zero-order valence-electron chi connectivity index (χ0n) is 36.2. The Hall–Kier alpha value is -6.43. The number of guanidine groups is 1. The van der Waals surface area contributed by atoms with E-state index in [-0.39, 0.29) is 42.0 Å². The van der Waals surface area contributed by atoms with Crippen LogP contribution < -0.4 is 29.9 Å². The van der Waals surface area contributed by atoms with Gasteiger partial charge < -0.3 is 29.5 Å². The number of aliphatic imine (C=N–C) groups is 1. The van der Waals surface area contributed by atoms with E-state index >= 15 is 8.78 Å². The average Bonchev–Trinajstić information content (AvgIpc) is 3.82.